The average Bonchev–Trinajstić information content (AvgIpc) is 3.28. The molecule has 1 aliphatic rings. The number of fused-ring (bicyclic) bond motifs is 1. The van der Waals surface area contributed by atoms with E-state index in [0.29, 0.717) is 6.92 Å². The lowest BCUT2D eigenvalue weighted by atomic mass is 9.62. The summed E-state index contributed by atoms with van der Waals surface area (Å²) in [5, 5.41) is 104. The van der Waals surface area contributed by atoms with Crippen molar-refractivity contribution in [1.82, 2.24) is 4.57 Å². The van der Waals surface area contributed by atoms with Crippen LogP contribution in [0.15, 0.2) is 54.6 Å². The van der Waals surface area contributed by atoms with Crippen molar-refractivity contribution in [3.8, 4) is 16.8 Å². The summed E-state index contributed by atoms with van der Waals surface area (Å²) in [6, 6.07) is 10.2. The fourth-order valence-electron chi connectivity index (χ4n) is 5.80. The Morgan fingerprint density at radius 3 is 2.05 bits per heavy atom. The van der Waals surface area contributed by atoms with E-state index in [9.17, 15) is 55.1 Å². The summed E-state index contributed by atoms with van der Waals surface area (Å²) in [5.41, 5.74) is 0.768. The van der Waals surface area contributed by atoms with Crippen LogP contribution in [0.1, 0.15) is 34.5 Å². The van der Waals surface area contributed by atoms with Gasteiger partial charge in [0.1, 0.15) is 17.5 Å². The van der Waals surface area contributed by atoms with Gasteiger partial charge in [0, 0.05) is 34.1 Å². The quantitative estimate of drug-likeness (QED) is 0.0816. The molecule has 0 bridgehead atoms. The number of benzene rings is 3. The van der Waals surface area contributed by atoms with Crippen LogP contribution in [-0.4, -0.2) is 91.8 Å². The fraction of sp³-hybridized carbons (Fsp3) is 0.241. The second kappa shape index (κ2) is 9.85. The van der Waals surface area contributed by atoms with Gasteiger partial charge in [-0.2, -0.15) is 0 Å². The molecule has 3 atom stereocenters. The van der Waals surface area contributed by atoms with Crippen LogP contribution in [0.2, 0.25) is 0 Å². The minimum Gasteiger partial charge on any atom is -0.478 e. The van der Waals surface area contributed by atoms with Crippen LogP contribution in [0.25, 0.3) is 27.7 Å². The van der Waals surface area contributed by atoms with Crippen LogP contribution in [0.5, 0.6) is 0 Å². The zero-order valence-electron chi connectivity index (χ0n) is 22.6. The van der Waals surface area contributed by atoms with Crippen LogP contribution in [0.4, 0.5) is 14.5 Å². The van der Waals surface area contributed by atoms with Gasteiger partial charge in [-0.25, -0.2) is 13.6 Å². The predicted octanol–water partition coefficient (Wildman–Crippen LogP) is 0.106. The first-order chi connectivity index (χ1) is 20.3. The first kappa shape index (κ1) is 31.1. The summed E-state index contributed by atoms with van der Waals surface area (Å²) < 4.78 is 31.4. The molecule has 15 heteroatoms. The molecule has 1 aromatic heterocycles. The number of nitrogens with two attached hydrogens (primary N) is 1. The number of hydrogen-bond donors (Lipinski definition) is 11. The van der Waals surface area contributed by atoms with E-state index in [2.05, 4.69) is 0 Å². The molecule has 1 heterocycles. The van der Waals surface area contributed by atoms with E-state index >= 15 is 4.39 Å². The maximum absolute atomic E-state index is 16.3. The number of carboxylic acid groups (broad SMARTS) is 1. The summed E-state index contributed by atoms with van der Waals surface area (Å²) in [5.74, 6) is -18.3. The number of aromatic carboxylic acids is 1. The van der Waals surface area contributed by atoms with E-state index < -0.39 is 64.0 Å². The van der Waals surface area contributed by atoms with Crippen LogP contribution < -0.4 is 5.73 Å². The first-order valence-corrected chi connectivity index (χ1v) is 12.8. The first-order valence-electron chi connectivity index (χ1n) is 12.8. The molecule has 3 unspecified atom stereocenters. The van der Waals surface area contributed by atoms with Gasteiger partial charge in [0.05, 0.1) is 22.7 Å². The minimum atomic E-state index is -4.38. The highest BCUT2D eigenvalue weighted by atomic mass is 19.1. The maximum atomic E-state index is 16.3. The van der Waals surface area contributed by atoms with Crippen LogP contribution in [0.3, 0.4) is 0 Å². The van der Waals surface area contributed by atoms with E-state index in [-0.39, 0.29) is 38.8 Å². The van der Waals surface area contributed by atoms with E-state index in [1.807, 2.05) is 0 Å². The third kappa shape index (κ3) is 3.99. The number of anilines is 1. The Morgan fingerprint density at radius 2 is 1.52 bits per heavy atom. The lowest BCUT2D eigenvalue weighted by Gasteiger charge is -2.58. The number of aliphatic hydroxyl groups excluding tert-OH is 1. The molecular formula is C29H27F2N3O10. The van der Waals surface area contributed by atoms with Gasteiger partial charge in [-0.1, -0.05) is 12.1 Å². The smallest absolute Gasteiger partial charge is 0.335 e. The number of nitrogen functional groups attached to an aromatic ring is 1. The summed E-state index contributed by atoms with van der Waals surface area (Å²) in [6.07, 6.45) is -2.15. The van der Waals surface area contributed by atoms with E-state index in [1.54, 1.807) is 0 Å². The number of aliphatic hydroxyl groups is 8. The van der Waals surface area contributed by atoms with Gasteiger partial charge in [0.15, 0.2) is 5.82 Å². The Hall–Kier alpha value is -4.32. The molecule has 13 nitrogen and oxygen atoms in total. The van der Waals surface area contributed by atoms with Gasteiger partial charge in [-0.3, -0.25) is 0 Å². The SMILES string of the molecule is CC1(O)C(c2c(-c3ccc(C(=O)O)cc3)c3c(F)c(N)c(C=N)cc3n2-c2ccc(F)cc2)C(O)C(O)(O)C(O)(O)C1(O)O. The molecule has 12 N–H and O–H groups in total. The predicted molar refractivity (Wildman–Crippen MR) is 149 cm³/mol. The molecule has 44 heavy (non-hydrogen) atoms. The Bertz CT molecular complexity index is 1820. The van der Waals surface area contributed by atoms with Crippen molar-refractivity contribution in [2.45, 2.75) is 41.9 Å². The van der Waals surface area contributed by atoms with Gasteiger partial charge >= 0.3 is 5.97 Å². The normalized spacial score (nSPS) is 23.9. The zero-order chi connectivity index (χ0) is 32.7. The van der Waals surface area contributed by atoms with Gasteiger partial charge < -0.3 is 61.7 Å². The van der Waals surface area contributed by atoms with Crippen LogP contribution in [0, 0.1) is 17.0 Å². The highest BCUT2D eigenvalue weighted by molar-refractivity contribution is 6.05. The molecule has 5 rings (SSSR count). The fourth-order valence-corrected chi connectivity index (χ4v) is 5.80. The summed E-state index contributed by atoms with van der Waals surface area (Å²) in [6.45, 7) is 0.634. The number of rotatable bonds is 5. The second-order valence-electron chi connectivity index (χ2n) is 10.8. The van der Waals surface area contributed by atoms with Crippen LogP contribution in [-0.2, 0) is 0 Å². The summed E-state index contributed by atoms with van der Waals surface area (Å²) in [4.78, 5) is 11.5. The van der Waals surface area contributed by atoms with Crippen molar-refractivity contribution in [1.29, 1.82) is 5.41 Å². The van der Waals surface area contributed by atoms with Gasteiger partial charge in [0.25, 0.3) is 17.4 Å². The molecular weight excluding hydrogens is 588 g/mol. The number of nitrogens with zero attached hydrogens (tertiary/aromatic N) is 1. The molecule has 1 fully saturated rings. The molecule has 232 valence electrons. The van der Waals surface area contributed by atoms with Crippen molar-refractivity contribution >= 4 is 28.8 Å². The maximum Gasteiger partial charge on any atom is 0.335 e. The number of aromatic nitrogens is 1. The number of hydrogen-bond acceptors (Lipinski definition) is 11. The number of carbonyl (C=O) groups is 1. The van der Waals surface area contributed by atoms with Crippen molar-refractivity contribution in [3.63, 3.8) is 0 Å². The molecule has 0 amide bonds. The molecule has 4 aromatic rings. The van der Waals surface area contributed by atoms with Crippen LogP contribution >= 0.6 is 0 Å². The highest BCUT2D eigenvalue weighted by Gasteiger charge is 2.79. The Morgan fingerprint density at radius 1 is 0.955 bits per heavy atom. The largest absolute Gasteiger partial charge is 0.478 e. The molecule has 0 spiro atoms. The van der Waals surface area contributed by atoms with Crippen molar-refractivity contribution < 1.29 is 59.5 Å². The standard InChI is InChI=1S/C29H27F2N3O10/c1-26(38)20(24(35)27(39,40)29(43,44)28(26,41)42)23-18(12-2-4-13(5-3-12)25(36)37)19-17(10-14(11-32)22(33)21(19)31)34(23)16-8-6-15(30)7-9-16/h2-11,20,24,32,35,38-44H,33H2,1H3,(H,36,37). The zero-order valence-corrected chi connectivity index (χ0v) is 22.6. The number of halogens is 2. The van der Waals surface area contributed by atoms with E-state index in [0.717, 1.165) is 35.0 Å². The second-order valence-corrected chi connectivity index (χ2v) is 10.8. The van der Waals surface area contributed by atoms with E-state index in [4.69, 9.17) is 11.1 Å². The van der Waals surface area contributed by atoms with Crippen molar-refractivity contribution in [2.75, 3.05) is 5.73 Å². The summed E-state index contributed by atoms with van der Waals surface area (Å²) in [7, 11) is 0. The van der Waals surface area contributed by atoms with Gasteiger partial charge in [-0.15, -0.1) is 0 Å². The van der Waals surface area contributed by atoms with Crippen molar-refractivity contribution in [2.24, 2.45) is 0 Å². The van der Waals surface area contributed by atoms with E-state index in [1.165, 1.54) is 30.3 Å². The summed E-state index contributed by atoms with van der Waals surface area (Å²) >= 11 is 0. The molecule has 0 radical (unpaired) electrons. The topological polar surface area (TPSA) is 254 Å². The Labute approximate surface area is 246 Å². The lowest BCUT2D eigenvalue weighted by molar-refractivity contribution is -0.516. The Kier molecular flexibility index (Phi) is 6.96. The molecule has 0 aliphatic heterocycles. The number of carboxylic acids is 1. The molecule has 1 aliphatic carbocycles. The van der Waals surface area contributed by atoms with Gasteiger partial charge in [0.2, 0.25) is 0 Å². The minimum absolute atomic E-state index is 0.0179. The number of nitrogens with one attached hydrogen (secondary N) is 1. The Balaban J connectivity index is 2.05. The highest BCUT2D eigenvalue weighted by Crippen LogP contribution is 2.56. The van der Waals surface area contributed by atoms with Gasteiger partial charge in [-0.05, 0) is 55.0 Å². The third-order valence-electron chi connectivity index (χ3n) is 8.30. The average molecular weight is 616 g/mol. The molecule has 0 saturated heterocycles. The molecule has 3 aromatic carbocycles. The lowest BCUT2D eigenvalue weighted by Crippen LogP contribution is -2.84. The van der Waals surface area contributed by atoms with Crippen molar-refractivity contribution in [3.05, 3.63) is 83.1 Å². The third-order valence-corrected chi connectivity index (χ3v) is 8.30. The molecule has 1 saturated carbocycles. The monoisotopic (exact) mass is 615 g/mol.